The van der Waals surface area contributed by atoms with Crippen molar-refractivity contribution in [3.8, 4) is 0 Å². The van der Waals surface area contributed by atoms with Gasteiger partial charge < -0.3 is 9.80 Å². The molecule has 0 aliphatic carbocycles. The second-order valence-electron chi connectivity index (χ2n) is 4.59. The molecule has 3 nitrogen and oxygen atoms in total. The van der Waals surface area contributed by atoms with Crippen LogP contribution in [0.4, 0.5) is 5.69 Å². The van der Waals surface area contributed by atoms with Crippen LogP contribution in [0.2, 0.25) is 5.15 Å². The highest BCUT2D eigenvalue weighted by Gasteiger charge is 2.25. The van der Waals surface area contributed by atoms with Crippen molar-refractivity contribution in [3.05, 3.63) is 23.5 Å². The molecule has 2 rings (SSSR count). The largest absolute Gasteiger partial charge is 0.367 e. The van der Waals surface area contributed by atoms with Crippen molar-refractivity contribution in [3.63, 3.8) is 0 Å². The molecule has 0 spiro atoms. The number of rotatable bonds is 3. The number of hydrogen-bond acceptors (Lipinski definition) is 3. The first-order chi connectivity index (χ1) is 7.66. The van der Waals surface area contributed by atoms with Gasteiger partial charge in [-0.1, -0.05) is 11.6 Å². The van der Waals surface area contributed by atoms with Gasteiger partial charge in [0.2, 0.25) is 0 Å². The van der Waals surface area contributed by atoms with E-state index in [1.54, 1.807) is 6.20 Å². The second-order valence-corrected chi connectivity index (χ2v) is 4.98. The van der Waals surface area contributed by atoms with Gasteiger partial charge in [-0.25, -0.2) is 4.98 Å². The Kier molecular flexibility index (Phi) is 3.66. The van der Waals surface area contributed by atoms with E-state index >= 15 is 0 Å². The maximum atomic E-state index is 5.93. The van der Waals surface area contributed by atoms with E-state index in [4.69, 9.17) is 11.6 Å². The minimum absolute atomic E-state index is 0.577. The van der Waals surface area contributed by atoms with Crippen LogP contribution in [0.15, 0.2) is 18.3 Å². The van der Waals surface area contributed by atoms with Gasteiger partial charge in [0.05, 0.1) is 0 Å². The zero-order valence-corrected chi connectivity index (χ0v) is 10.6. The van der Waals surface area contributed by atoms with Gasteiger partial charge in [0, 0.05) is 31.0 Å². The molecule has 0 bridgehead atoms. The Balaban J connectivity index is 2.13. The first kappa shape index (κ1) is 11.7. The molecule has 1 aromatic rings. The fraction of sp³-hybridized carbons (Fsp3) is 0.583. The summed E-state index contributed by atoms with van der Waals surface area (Å²) in [5, 5.41) is 0.577. The summed E-state index contributed by atoms with van der Waals surface area (Å²) in [4.78, 5) is 8.71. The second kappa shape index (κ2) is 5.02. The van der Waals surface area contributed by atoms with Crippen LogP contribution >= 0.6 is 11.6 Å². The van der Waals surface area contributed by atoms with Crippen molar-refractivity contribution in [1.29, 1.82) is 0 Å². The molecule has 2 heterocycles. The summed E-state index contributed by atoms with van der Waals surface area (Å²) < 4.78 is 0. The number of hydrogen-bond donors (Lipinski definition) is 0. The minimum atomic E-state index is 0.577. The number of aromatic nitrogens is 1. The van der Waals surface area contributed by atoms with Gasteiger partial charge in [0.25, 0.3) is 0 Å². The highest BCUT2D eigenvalue weighted by atomic mass is 35.5. The van der Waals surface area contributed by atoms with Crippen LogP contribution in [0.25, 0.3) is 0 Å². The van der Waals surface area contributed by atoms with E-state index in [1.165, 1.54) is 18.5 Å². The highest BCUT2D eigenvalue weighted by molar-refractivity contribution is 6.29. The molecule has 1 aliphatic heterocycles. The minimum Gasteiger partial charge on any atom is -0.367 e. The van der Waals surface area contributed by atoms with Crippen LogP contribution in [0.5, 0.6) is 0 Å². The van der Waals surface area contributed by atoms with Crippen molar-refractivity contribution in [1.82, 2.24) is 9.88 Å². The predicted octanol–water partition coefficient (Wildman–Crippen LogP) is 2.27. The Bertz CT molecular complexity index is 354. The van der Waals surface area contributed by atoms with E-state index in [9.17, 15) is 0 Å². The van der Waals surface area contributed by atoms with E-state index in [0.29, 0.717) is 11.2 Å². The Hall–Kier alpha value is -0.800. The summed E-state index contributed by atoms with van der Waals surface area (Å²) in [6.45, 7) is 2.22. The normalized spacial score (nSPS) is 20.8. The quantitative estimate of drug-likeness (QED) is 0.755. The third kappa shape index (κ3) is 2.66. The maximum Gasteiger partial charge on any atom is 0.131 e. The Labute approximate surface area is 102 Å². The van der Waals surface area contributed by atoms with Gasteiger partial charge >= 0.3 is 0 Å². The van der Waals surface area contributed by atoms with Crippen molar-refractivity contribution in [2.75, 3.05) is 32.1 Å². The third-order valence-corrected chi connectivity index (χ3v) is 3.20. The number of halogens is 1. The summed E-state index contributed by atoms with van der Waals surface area (Å²) in [7, 11) is 4.24. The maximum absolute atomic E-state index is 5.93. The van der Waals surface area contributed by atoms with Crippen molar-refractivity contribution < 1.29 is 0 Å². The fourth-order valence-electron chi connectivity index (χ4n) is 2.36. The number of likely N-dealkylation sites (N-methyl/N-ethyl adjacent to an activating group) is 1. The van der Waals surface area contributed by atoms with E-state index < -0.39 is 0 Å². The van der Waals surface area contributed by atoms with Gasteiger partial charge in [-0.15, -0.1) is 0 Å². The Morgan fingerprint density at radius 1 is 1.56 bits per heavy atom. The number of nitrogens with zero attached hydrogens (tertiary/aromatic N) is 3. The molecule has 1 aliphatic rings. The highest BCUT2D eigenvalue weighted by Crippen LogP contribution is 2.26. The summed E-state index contributed by atoms with van der Waals surface area (Å²) in [6.07, 6.45) is 4.30. The first-order valence-corrected chi connectivity index (χ1v) is 6.07. The lowest BCUT2D eigenvalue weighted by molar-refractivity contribution is 0.372. The zero-order valence-electron chi connectivity index (χ0n) is 9.86. The van der Waals surface area contributed by atoms with Gasteiger partial charge in [-0.3, -0.25) is 0 Å². The number of pyridine rings is 1. The lowest BCUT2D eigenvalue weighted by Gasteiger charge is -2.29. The van der Waals surface area contributed by atoms with Gasteiger partial charge in [0.15, 0.2) is 0 Å². The van der Waals surface area contributed by atoms with E-state index in [-0.39, 0.29) is 0 Å². The van der Waals surface area contributed by atoms with Gasteiger partial charge in [-0.2, -0.15) is 0 Å². The average Bonchev–Trinajstić information content (AvgIpc) is 2.65. The molecular weight excluding hydrogens is 222 g/mol. The summed E-state index contributed by atoms with van der Waals surface area (Å²) in [6, 6.07) is 4.60. The molecule has 1 atom stereocenters. The first-order valence-electron chi connectivity index (χ1n) is 5.70. The van der Waals surface area contributed by atoms with Crippen molar-refractivity contribution in [2.24, 2.45) is 0 Å². The van der Waals surface area contributed by atoms with Crippen LogP contribution in [0, 0.1) is 0 Å². The van der Waals surface area contributed by atoms with Crippen molar-refractivity contribution in [2.45, 2.75) is 18.9 Å². The molecule has 16 heavy (non-hydrogen) atoms. The van der Waals surface area contributed by atoms with Gasteiger partial charge in [0.1, 0.15) is 5.15 Å². The lowest BCUT2D eigenvalue weighted by Crippen LogP contribution is -2.37. The molecule has 1 saturated heterocycles. The van der Waals surface area contributed by atoms with E-state index in [2.05, 4.69) is 28.9 Å². The van der Waals surface area contributed by atoms with Crippen LogP contribution in [-0.4, -0.2) is 43.1 Å². The lowest BCUT2D eigenvalue weighted by atomic mass is 10.2. The number of anilines is 1. The van der Waals surface area contributed by atoms with Crippen molar-refractivity contribution >= 4 is 17.3 Å². The molecule has 0 radical (unpaired) electrons. The molecule has 0 amide bonds. The molecule has 1 aromatic heterocycles. The molecular formula is C12H18ClN3. The Morgan fingerprint density at radius 2 is 2.38 bits per heavy atom. The van der Waals surface area contributed by atoms with Crippen LogP contribution < -0.4 is 4.90 Å². The molecule has 4 heteroatoms. The Morgan fingerprint density at radius 3 is 3.06 bits per heavy atom. The smallest absolute Gasteiger partial charge is 0.131 e. The molecule has 1 unspecified atom stereocenters. The molecule has 0 saturated carbocycles. The predicted molar refractivity (Wildman–Crippen MR) is 68.2 cm³/mol. The average molecular weight is 240 g/mol. The SMILES string of the molecule is CN(C)CC1CCCN1c1ccnc(Cl)c1. The summed E-state index contributed by atoms with van der Waals surface area (Å²) in [5.41, 5.74) is 1.20. The molecule has 88 valence electrons. The molecule has 1 fully saturated rings. The van der Waals surface area contributed by atoms with Crippen LogP contribution in [-0.2, 0) is 0 Å². The molecule has 0 N–H and O–H groups in total. The third-order valence-electron chi connectivity index (χ3n) is 2.99. The van der Waals surface area contributed by atoms with Crippen LogP contribution in [0.3, 0.4) is 0 Å². The van der Waals surface area contributed by atoms with Crippen LogP contribution in [0.1, 0.15) is 12.8 Å². The zero-order chi connectivity index (χ0) is 11.5. The molecule has 0 aromatic carbocycles. The van der Waals surface area contributed by atoms with E-state index in [0.717, 1.165) is 13.1 Å². The summed E-state index contributed by atoms with van der Waals surface area (Å²) >= 11 is 5.93. The topological polar surface area (TPSA) is 19.4 Å². The van der Waals surface area contributed by atoms with Gasteiger partial charge in [-0.05, 0) is 39.1 Å². The monoisotopic (exact) mass is 239 g/mol. The fourth-order valence-corrected chi connectivity index (χ4v) is 2.53. The standard InChI is InChI=1S/C12H18ClN3/c1-15(2)9-11-4-3-7-16(11)10-5-6-14-12(13)8-10/h5-6,8,11H,3-4,7,9H2,1-2H3. The summed E-state index contributed by atoms with van der Waals surface area (Å²) in [5.74, 6) is 0. The van der Waals surface area contributed by atoms with E-state index in [1.807, 2.05) is 12.1 Å².